The van der Waals surface area contributed by atoms with E-state index in [1.54, 1.807) is 0 Å². The summed E-state index contributed by atoms with van der Waals surface area (Å²) in [6.07, 6.45) is 0.800. The van der Waals surface area contributed by atoms with E-state index in [-0.39, 0.29) is 19.1 Å². The van der Waals surface area contributed by atoms with Crippen LogP contribution in [0.15, 0.2) is 59.0 Å². The Morgan fingerprint density at radius 2 is 1.81 bits per heavy atom. The predicted molar refractivity (Wildman–Crippen MR) is 104 cm³/mol. The minimum Gasteiger partial charge on any atom is -0.441 e. The molecule has 3 rings (SSSR count). The van der Waals surface area contributed by atoms with Crippen LogP contribution in [0.25, 0.3) is 11.5 Å². The molecule has 5 heteroatoms. The Hall–Kier alpha value is -2.92. The van der Waals surface area contributed by atoms with Crippen molar-refractivity contribution in [3.63, 3.8) is 0 Å². The number of aromatic nitrogens is 1. The van der Waals surface area contributed by atoms with Crippen LogP contribution in [0.3, 0.4) is 0 Å². The SMILES string of the molecule is Cc1ccc(-c2nc(COCC(=O)NCCc3ccccc3)c(C)o2)cc1. The van der Waals surface area contributed by atoms with Crippen molar-refractivity contribution in [2.45, 2.75) is 26.9 Å². The summed E-state index contributed by atoms with van der Waals surface area (Å²) in [5, 5.41) is 2.86. The van der Waals surface area contributed by atoms with Crippen LogP contribution < -0.4 is 5.32 Å². The number of carbonyl (C=O) groups excluding carboxylic acids is 1. The van der Waals surface area contributed by atoms with E-state index in [9.17, 15) is 4.79 Å². The molecule has 27 heavy (non-hydrogen) atoms. The summed E-state index contributed by atoms with van der Waals surface area (Å²) in [6.45, 7) is 4.72. The zero-order valence-electron chi connectivity index (χ0n) is 15.7. The van der Waals surface area contributed by atoms with Crippen molar-refractivity contribution in [3.05, 3.63) is 77.2 Å². The summed E-state index contributed by atoms with van der Waals surface area (Å²) in [6, 6.07) is 18.0. The zero-order valence-corrected chi connectivity index (χ0v) is 15.7. The van der Waals surface area contributed by atoms with Gasteiger partial charge in [-0.05, 0) is 38.0 Å². The number of ether oxygens (including phenoxy) is 1. The van der Waals surface area contributed by atoms with E-state index in [2.05, 4.69) is 10.3 Å². The fourth-order valence-electron chi connectivity index (χ4n) is 2.66. The molecule has 0 saturated carbocycles. The van der Waals surface area contributed by atoms with E-state index in [1.165, 1.54) is 11.1 Å². The Bertz CT molecular complexity index is 870. The van der Waals surface area contributed by atoms with E-state index in [0.29, 0.717) is 23.9 Å². The second kappa shape index (κ2) is 9.14. The lowest BCUT2D eigenvalue weighted by molar-refractivity contribution is -0.126. The van der Waals surface area contributed by atoms with Crippen molar-refractivity contribution < 1.29 is 13.9 Å². The van der Waals surface area contributed by atoms with Gasteiger partial charge in [-0.3, -0.25) is 4.79 Å². The third kappa shape index (κ3) is 5.53. The van der Waals surface area contributed by atoms with Crippen molar-refractivity contribution in [2.75, 3.05) is 13.2 Å². The molecular formula is C22H24N2O3. The number of amides is 1. The second-order valence-corrected chi connectivity index (χ2v) is 6.47. The maximum absolute atomic E-state index is 11.9. The van der Waals surface area contributed by atoms with Gasteiger partial charge in [0.25, 0.3) is 0 Å². The molecule has 0 aliphatic carbocycles. The normalized spacial score (nSPS) is 10.7. The summed E-state index contributed by atoms with van der Waals surface area (Å²) in [5.74, 6) is 1.14. The molecule has 0 saturated heterocycles. The van der Waals surface area contributed by atoms with Gasteiger partial charge in [-0.2, -0.15) is 0 Å². The number of hydrogen-bond acceptors (Lipinski definition) is 4. The Morgan fingerprint density at radius 1 is 1.07 bits per heavy atom. The van der Waals surface area contributed by atoms with Gasteiger partial charge in [-0.15, -0.1) is 0 Å². The maximum Gasteiger partial charge on any atom is 0.246 e. The summed E-state index contributed by atoms with van der Waals surface area (Å²) in [7, 11) is 0. The second-order valence-electron chi connectivity index (χ2n) is 6.47. The Kier molecular flexibility index (Phi) is 6.39. The lowest BCUT2D eigenvalue weighted by Gasteiger charge is -2.06. The highest BCUT2D eigenvalue weighted by molar-refractivity contribution is 5.77. The lowest BCUT2D eigenvalue weighted by Crippen LogP contribution is -2.29. The molecule has 0 bridgehead atoms. The summed E-state index contributed by atoms with van der Waals surface area (Å²) in [5.41, 5.74) is 4.01. The average Bonchev–Trinajstić information content (AvgIpc) is 3.04. The molecule has 3 aromatic rings. The Morgan fingerprint density at radius 3 is 2.56 bits per heavy atom. The summed E-state index contributed by atoms with van der Waals surface area (Å²) < 4.78 is 11.2. The van der Waals surface area contributed by atoms with Crippen LogP contribution in [0.1, 0.15) is 22.6 Å². The van der Waals surface area contributed by atoms with Gasteiger partial charge in [0, 0.05) is 12.1 Å². The number of oxazole rings is 1. The average molecular weight is 364 g/mol. The van der Waals surface area contributed by atoms with Crippen LogP contribution >= 0.6 is 0 Å². The number of nitrogens with zero attached hydrogens (tertiary/aromatic N) is 1. The standard InChI is InChI=1S/C22H24N2O3/c1-16-8-10-19(11-9-16)22-24-20(17(2)27-22)14-26-15-21(25)23-13-12-18-6-4-3-5-7-18/h3-11H,12-15H2,1-2H3,(H,23,25). The highest BCUT2D eigenvalue weighted by Gasteiger charge is 2.12. The Balaban J connectivity index is 1.43. The molecule has 0 aliphatic rings. The van der Waals surface area contributed by atoms with Crippen molar-refractivity contribution in [1.82, 2.24) is 10.3 Å². The molecule has 0 atom stereocenters. The van der Waals surface area contributed by atoms with Gasteiger partial charge >= 0.3 is 0 Å². The first-order chi connectivity index (χ1) is 13.1. The monoisotopic (exact) mass is 364 g/mol. The number of rotatable bonds is 8. The van der Waals surface area contributed by atoms with Crippen molar-refractivity contribution >= 4 is 5.91 Å². The quantitative estimate of drug-likeness (QED) is 0.660. The van der Waals surface area contributed by atoms with Crippen molar-refractivity contribution in [1.29, 1.82) is 0 Å². The van der Waals surface area contributed by atoms with E-state index < -0.39 is 0 Å². The number of benzene rings is 2. The molecule has 0 spiro atoms. The van der Waals surface area contributed by atoms with Crippen molar-refractivity contribution in [2.24, 2.45) is 0 Å². The van der Waals surface area contributed by atoms with Gasteiger partial charge in [-0.25, -0.2) is 4.98 Å². The van der Waals surface area contributed by atoms with Gasteiger partial charge in [0.1, 0.15) is 18.1 Å². The van der Waals surface area contributed by atoms with Gasteiger partial charge < -0.3 is 14.5 Å². The first-order valence-electron chi connectivity index (χ1n) is 9.03. The van der Waals surface area contributed by atoms with E-state index >= 15 is 0 Å². The highest BCUT2D eigenvalue weighted by atomic mass is 16.5. The Labute approximate surface area is 159 Å². The third-order valence-electron chi connectivity index (χ3n) is 4.24. The van der Waals surface area contributed by atoms with E-state index in [0.717, 1.165) is 12.0 Å². The number of aryl methyl sites for hydroxylation is 2. The maximum atomic E-state index is 11.9. The highest BCUT2D eigenvalue weighted by Crippen LogP contribution is 2.22. The topological polar surface area (TPSA) is 64.4 Å². The molecule has 1 aromatic heterocycles. The molecule has 140 valence electrons. The molecule has 0 fully saturated rings. The molecule has 0 unspecified atom stereocenters. The van der Waals surface area contributed by atoms with Gasteiger partial charge in [0.2, 0.25) is 11.8 Å². The van der Waals surface area contributed by atoms with Gasteiger partial charge in [0.15, 0.2) is 0 Å². The van der Waals surface area contributed by atoms with E-state index in [1.807, 2.05) is 68.4 Å². The van der Waals surface area contributed by atoms with Crippen LogP contribution in [-0.4, -0.2) is 24.0 Å². The molecule has 5 nitrogen and oxygen atoms in total. The molecule has 0 radical (unpaired) electrons. The minimum atomic E-state index is -0.133. The van der Waals surface area contributed by atoms with E-state index in [4.69, 9.17) is 9.15 Å². The minimum absolute atomic E-state index is 0.000947. The van der Waals surface area contributed by atoms with Crippen LogP contribution in [0.5, 0.6) is 0 Å². The predicted octanol–water partition coefficient (Wildman–Crippen LogP) is 3.83. The van der Waals surface area contributed by atoms with Crippen LogP contribution in [0.2, 0.25) is 0 Å². The smallest absolute Gasteiger partial charge is 0.246 e. The molecule has 2 aromatic carbocycles. The molecule has 1 heterocycles. The first kappa shape index (κ1) is 18.9. The van der Waals surface area contributed by atoms with Crippen LogP contribution in [0, 0.1) is 13.8 Å². The summed E-state index contributed by atoms with van der Waals surface area (Å²) in [4.78, 5) is 16.4. The van der Waals surface area contributed by atoms with Gasteiger partial charge in [-0.1, -0.05) is 48.0 Å². The first-order valence-corrected chi connectivity index (χ1v) is 9.03. The molecule has 0 aliphatic heterocycles. The van der Waals surface area contributed by atoms with Crippen LogP contribution in [0.4, 0.5) is 0 Å². The largest absolute Gasteiger partial charge is 0.441 e. The zero-order chi connectivity index (χ0) is 19.1. The number of nitrogens with one attached hydrogen (secondary N) is 1. The number of carbonyl (C=O) groups is 1. The third-order valence-corrected chi connectivity index (χ3v) is 4.24. The van der Waals surface area contributed by atoms with Crippen molar-refractivity contribution in [3.8, 4) is 11.5 Å². The summed E-state index contributed by atoms with van der Waals surface area (Å²) >= 11 is 0. The van der Waals surface area contributed by atoms with Gasteiger partial charge in [0.05, 0.1) is 6.61 Å². The number of hydrogen-bond donors (Lipinski definition) is 1. The fraction of sp³-hybridized carbons (Fsp3) is 0.273. The lowest BCUT2D eigenvalue weighted by atomic mass is 10.1. The van der Waals surface area contributed by atoms with Crippen LogP contribution in [-0.2, 0) is 22.6 Å². The molecule has 1 amide bonds. The fourth-order valence-corrected chi connectivity index (χ4v) is 2.66. The molecule has 1 N–H and O–H groups in total. The molecular weight excluding hydrogens is 340 g/mol.